The fourth-order valence-corrected chi connectivity index (χ4v) is 1.02. The van der Waals surface area contributed by atoms with Crippen LogP contribution in [0.2, 0.25) is 0 Å². The number of rotatable bonds is 1. The molecule has 0 fully saturated rings. The topological polar surface area (TPSA) is 43.4 Å². The van der Waals surface area contributed by atoms with Crippen LogP contribution >= 0.6 is 0 Å². The Balaban J connectivity index is 2.90. The summed E-state index contributed by atoms with van der Waals surface area (Å²) in [5.41, 5.74) is 0.116. The second kappa shape index (κ2) is 2.81. The van der Waals surface area contributed by atoms with Crippen LogP contribution in [-0.4, -0.2) is 0 Å². The van der Waals surface area contributed by atoms with Crippen LogP contribution in [0.15, 0.2) is 13.6 Å². The SMILES string of the molecule is Cc1oc(=O)oc1CC(C)(C)C. The van der Waals surface area contributed by atoms with E-state index in [1.807, 2.05) is 0 Å². The lowest BCUT2D eigenvalue weighted by atomic mass is 9.91. The summed E-state index contributed by atoms with van der Waals surface area (Å²) >= 11 is 0. The molecule has 3 nitrogen and oxygen atoms in total. The highest BCUT2D eigenvalue weighted by Gasteiger charge is 2.17. The Bertz CT molecular complexity index is 311. The summed E-state index contributed by atoms with van der Waals surface area (Å²) in [5.74, 6) is 0.647. The van der Waals surface area contributed by atoms with Gasteiger partial charge < -0.3 is 8.83 Å². The van der Waals surface area contributed by atoms with Crippen LogP contribution in [0.4, 0.5) is 0 Å². The van der Waals surface area contributed by atoms with Gasteiger partial charge in [0.25, 0.3) is 0 Å². The minimum atomic E-state index is -0.605. The maximum atomic E-state index is 10.7. The summed E-state index contributed by atoms with van der Waals surface area (Å²) < 4.78 is 9.61. The molecule has 0 N–H and O–H groups in total. The smallest absolute Gasteiger partial charge is 0.396 e. The summed E-state index contributed by atoms with van der Waals surface area (Å²) in [4.78, 5) is 10.7. The van der Waals surface area contributed by atoms with Crippen LogP contribution < -0.4 is 5.82 Å². The standard InChI is InChI=1S/C9H14O3/c1-6-7(5-9(2,3)4)12-8(10)11-6/h5H2,1-4H3. The van der Waals surface area contributed by atoms with Crippen molar-refractivity contribution in [1.82, 2.24) is 0 Å². The minimum absolute atomic E-state index is 0.116. The zero-order chi connectivity index (χ0) is 9.35. The van der Waals surface area contributed by atoms with E-state index in [0.717, 1.165) is 6.42 Å². The van der Waals surface area contributed by atoms with Crippen LogP contribution in [0.5, 0.6) is 0 Å². The zero-order valence-electron chi connectivity index (χ0n) is 7.93. The molecule has 0 spiro atoms. The molecule has 0 amide bonds. The Morgan fingerprint density at radius 3 is 2.17 bits per heavy atom. The molecule has 0 bridgehead atoms. The van der Waals surface area contributed by atoms with Crippen molar-refractivity contribution in [3.8, 4) is 0 Å². The van der Waals surface area contributed by atoms with Gasteiger partial charge in [-0.2, -0.15) is 0 Å². The van der Waals surface area contributed by atoms with Gasteiger partial charge >= 0.3 is 5.82 Å². The molecule has 1 rings (SSSR count). The molecule has 1 aromatic rings. The first kappa shape index (κ1) is 9.10. The molecule has 0 saturated carbocycles. The molecule has 0 aliphatic rings. The van der Waals surface area contributed by atoms with Crippen molar-refractivity contribution in [3.63, 3.8) is 0 Å². The molecule has 0 atom stereocenters. The Hall–Kier alpha value is -0.990. The van der Waals surface area contributed by atoms with Crippen molar-refractivity contribution < 1.29 is 8.83 Å². The molecule has 1 heterocycles. The molecule has 0 aliphatic heterocycles. The normalized spacial score (nSPS) is 12.0. The predicted octanol–water partition coefficient (Wildman–Crippen LogP) is 2.13. The van der Waals surface area contributed by atoms with Gasteiger partial charge in [0.1, 0.15) is 11.5 Å². The molecule has 0 saturated heterocycles. The third-order valence-corrected chi connectivity index (χ3v) is 1.53. The highest BCUT2D eigenvalue weighted by atomic mass is 16.6. The third-order valence-electron chi connectivity index (χ3n) is 1.53. The lowest BCUT2D eigenvalue weighted by Crippen LogP contribution is -2.09. The molecule has 1 aromatic heterocycles. The minimum Gasteiger partial charge on any atom is -0.396 e. The molecular weight excluding hydrogens is 156 g/mol. The van der Waals surface area contributed by atoms with Crippen LogP contribution in [0.1, 0.15) is 32.3 Å². The third kappa shape index (κ3) is 2.26. The van der Waals surface area contributed by atoms with Gasteiger partial charge in [0.15, 0.2) is 0 Å². The van der Waals surface area contributed by atoms with Crippen molar-refractivity contribution in [3.05, 3.63) is 22.1 Å². The van der Waals surface area contributed by atoms with Gasteiger partial charge in [0, 0.05) is 6.42 Å². The van der Waals surface area contributed by atoms with Gasteiger partial charge in [-0.25, -0.2) is 4.79 Å². The quantitative estimate of drug-likeness (QED) is 0.648. The fraction of sp³-hybridized carbons (Fsp3) is 0.667. The number of hydrogen-bond donors (Lipinski definition) is 0. The summed E-state index contributed by atoms with van der Waals surface area (Å²) in [5, 5.41) is 0. The zero-order valence-corrected chi connectivity index (χ0v) is 7.93. The summed E-state index contributed by atoms with van der Waals surface area (Å²) in [6.45, 7) is 7.99. The Kier molecular flexibility index (Phi) is 2.13. The first-order valence-corrected chi connectivity index (χ1v) is 3.98. The Morgan fingerprint density at radius 1 is 1.25 bits per heavy atom. The van der Waals surface area contributed by atoms with Crippen molar-refractivity contribution in [1.29, 1.82) is 0 Å². The van der Waals surface area contributed by atoms with Gasteiger partial charge in [-0.05, 0) is 12.3 Å². The van der Waals surface area contributed by atoms with E-state index < -0.39 is 5.82 Å². The van der Waals surface area contributed by atoms with Crippen LogP contribution in [0.25, 0.3) is 0 Å². The van der Waals surface area contributed by atoms with E-state index in [-0.39, 0.29) is 5.41 Å². The molecule has 0 aromatic carbocycles. The van der Waals surface area contributed by atoms with E-state index >= 15 is 0 Å². The molecule has 3 heteroatoms. The molecule has 0 unspecified atom stereocenters. The van der Waals surface area contributed by atoms with E-state index in [4.69, 9.17) is 8.83 Å². The van der Waals surface area contributed by atoms with Gasteiger partial charge in [-0.15, -0.1) is 0 Å². The Labute approximate surface area is 71.4 Å². The summed E-state index contributed by atoms with van der Waals surface area (Å²) in [7, 11) is 0. The average molecular weight is 170 g/mol. The van der Waals surface area contributed by atoms with Crippen molar-refractivity contribution in [2.45, 2.75) is 34.1 Å². The first-order chi connectivity index (χ1) is 5.38. The molecular formula is C9H14O3. The summed E-state index contributed by atoms with van der Waals surface area (Å²) in [6.07, 6.45) is 0.727. The average Bonchev–Trinajstić information content (AvgIpc) is 2.06. The Morgan fingerprint density at radius 2 is 1.83 bits per heavy atom. The van der Waals surface area contributed by atoms with Crippen molar-refractivity contribution in [2.75, 3.05) is 0 Å². The van der Waals surface area contributed by atoms with E-state index in [9.17, 15) is 4.79 Å². The maximum absolute atomic E-state index is 10.7. The van der Waals surface area contributed by atoms with Gasteiger partial charge in [-0.1, -0.05) is 20.8 Å². The van der Waals surface area contributed by atoms with E-state index in [1.165, 1.54) is 0 Å². The molecule has 0 aliphatic carbocycles. The van der Waals surface area contributed by atoms with E-state index in [2.05, 4.69) is 20.8 Å². The highest BCUT2D eigenvalue weighted by Crippen LogP contribution is 2.21. The summed E-state index contributed by atoms with van der Waals surface area (Å²) in [6, 6.07) is 0. The number of hydrogen-bond acceptors (Lipinski definition) is 3. The monoisotopic (exact) mass is 170 g/mol. The van der Waals surface area contributed by atoms with Crippen LogP contribution in [0.3, 0.4) is 0 Å². The lowest BCUT2D eigenvalue weighted by molar-refractivity contribution is 0.335. The highest BCUT2D eigenvalue weighted by molar-refractivity contribution is 5.02. The van der Waals surface area contributed by atoms with Crippen LogP contribution in [-0.2, 0) is 6.42 Å². The molecule has 0 radical (unpaired) electrons. The first-order valence-electron chi connectivity index (χ1n) is 3.98. The molecule has 68 valence electrons. The largest absolute Gasteiger partial charge is 0.519 e. The van der Waals surface area contributed by atoms with Crippen molar-refractivity contribution >= 4 is 0 Å². The molecule has 12 heavy (non-hydrogen) atoms. The lowest BCUT2D eigenvalue weighted by Gasteiger charge is -2.15. The van der Waals surface area contributed by atoms with E-state index in [0.29, 0.717) is 11.5 Å². The van der Waals surface area contributed by atoms with Crippen LogP contribution in [0, 0.1) is 12.3 Å². The second-order valence-electron chi connectivity index (χ2n) is 4.17. The van der Waals surface area contributed by atoms with Gasteiger partial charge in [-0.3, -0.25) is 0 Å². The van der Waals surface area contributed by atoms with Gasteiger partial charge in [0.2, 0.25) is 0 Å². The maximum Gasteiger partial charge on any atom is 0.519 e. The predicted molar refractivity (Wildman–Crippen MR) is 45.1 cm³/mol. The second-order valence-corrected chi connectivity index (χ2v) is 4.17. The fourth-order valence-electron chi connectivity index (χ4n) is 1.02. The van der Waals surface area contributed by atoms with Crippen molar-refractivity contribution in [2.24, 2.45) is 5.41 Å². The van der Waals surface area contributed by atoms with E-state index in [1.54, 1.807) is 6.92 Å². The van der Waals surface area contributed by atoms with Gasteiger partial charge in [0.05, 0.1) is 0 Å². The number of aryl methyl sites for hydroxylation is 1.